The highest BCUT2D eigenvalue weighted by atomic mass is 16.2. The van der Waals surface area contributed by atoms with E-state index in [-0.39, 0.29) is 12.5 Å². The lowest BCUT2D eigenvalue weighted by atomic mass is 9.92. The van der Waals surface area contributed by atoms with Crippen molar-refractivity contribution in [3.05, 3.63) is 65.7 Å². The summed E-state index contributed by atoms with van der Waals surface area (Å²) >= 11 is 0. The Hall–Kier alpha value is -3.68. The molecular weight excluding hydrogens is 396 g/mol. The van der Waals surface area contributed by atoms with Crippen LogP contribution in [0.2, 0.25) is 0 Å². The molecule has 3 rings (SSSR count). The third kappa shape index (κ3) is 4.58. The SMILES string of the molecule is CCc1ccccc1NC(=O)CN(C)C(=O)CN1C(=O)N[C@@](C)(c2ccccc2)C1=O. The zero-order valence-corrected chi connectivity index (χ0v) is 17.8. The average molecular weight is 422 g/mol. The van der Waals surface area contributed by atoms with Crippen LogP contribution in [0.25, 0.3) is 0 Å². The van der Waals surface area contributed by atoms with Crippen molar-refractivity contribution in [2.75, 3.05) is 25.5 Å². The first-order valence-electron chi connectivity index (χ1n) is 10.1. The Kier molecular flexibility index (Phi) is 6.39. The lowest BCUT2D eigenvalue weighted by Crippen LogP contribution is -2.45. The van der Waals surface area contributed by atoms with Gasteiger partial charge in [0.05, 0.1) is 6.54 Å². The van der Waals surface area contributed by atoms with E-state index < -0.39 is 29.9 Å². The van der Waals surface area contributed by atoms with Crippen LogP contribution in [0.4, 0.5) is 10.5 Å². The van der Waals surface area contributed by atoms with Gasteiger partial charge in [0.2, 0.25) is 11.8 Å². The Morgan fingerprint density at radius 2 is 1.71 bits per heavy atom. The van der Waals surface area contributed by atoms with Gasteiger partial charge < -0.3 is 15.5 Å². The van der Waals surface area contributed by atoms with E-state index in [0.29, 0.717) is 11.3 Å². The Balaban J connectivity index is 1.62. The van der Waals surface area contributed by atoms with E-state index in [1.165, 1.54) is 11.9 Å². The first-order valence-corrected chi connectivity index (χ1v) is 10.1. The molecule has 5 amide bonds. The molecule has 0 unspecified atom stereocenters. The highest BCUT2D eigenvalue weighted by Crippen LogP contribution is 2.28. The van der Waals surface area contributed by atoms with Crippen LogP contribution in [0.15, 0.2) is 54.6 Å². The van der Waals surface area contributed by atoms with Crippen molar-refractivity contribution in [3.8, 4) is 0 Å². The van der Waals surface area contributed by atoms with E-state index in [4.69, 9.17) is 0 Å². The maximum Gasteiger partial charge on any atom is 0.325 e. The zero-order valence-electron chi connectivity index (χ0n) is 17.8. The van der Waals surface area contributed by atoms with Crippen LogP contribution in [0.5, 0.6) is 0 Å². The molecule has 1 aliphatic heterocycles. The summed E-state index contributed by atoms with van der Waals surface area (Å²) < 4.78 is 0. The standard InChI is InChI=1S/C23H26N4O4/c1-4-16-10-8-9-13-18(16)24-19(28)14-26(3)20(29)15-27-21(30)23(2,25-22(27)31)17-11-6-5-7-12-17/h5-13H,4,14-15H2,1-3H3,(H,24,28)(H,25,31)/t23-/m0/s1. The van der Waals surface area contributed by atoms with Gasteiger partial charge in [-0.05, 0) is 30.5 Å². The van der Waals surface area contributed by atoms with Gasteiger partial charge >= 0.3 is 6.03 Å². The quantitative estimate of drug-likeness (QED) is 0.668. The number of nitrogens with one attached hydrogen (secondary N) is 2. The Bertz CT molecular complexity index is 1010. The first-order chi connectivity index (χ1) is 14.8. The first kappa shape index (κ1) is 22.0. The molecular formula is C23H26N4O4. The van der Waals surface area contributed by atoms with E-state index in [1.807, 2.05) is 31.2 Å². The van der Waals surface area contributed by atoms with E-state index in [2.05, 4.69) is 10.6 Å². The van der Waals surface area contributed by atoms with E-state index in [9.17, 15) is 19.2 Å². The lowest BCUT2D eigenvalue weighted by molar-refractivity contribution is -0.139. The topological polar surface area (TPSA) is 98.8 Å². The van der Waals surface area contributed by atoms with Gasteiger partial charge in [-0.3, -0.25) is 19.3 Å². The van der Waals surface area contributed by atoms with Crippen LogP contribution in [-0.2, 0) is 26.3 Å². The summed E-state index contributed by atoms with van der Waals surface area (Å²) in [6, 6.07) is 15.7. The van der Waals surface area contributed by atoms with Crippen molar-refractivity contribution >= 4 is 29.4 Å². The highest BCUT2D eigenvalue weighted by Gasteiger charge is 2.49. The number of urea groups is 1. The average Bonchev–Trinajstić information content (AvgIpc) is 2.98. The number of amides is 5. The number of rotatable bonds is 7. The van der Waals surface area contributed by atoms with Gasteiger partial charge in [0.25, 0.3) is 5.91 Å². The molecule has 31 heavy (non-hydrogen) atoms. The van der Waals surface area contributed by atoms with Gasteiger partial charge in [-0.1, -0.05) is 55.5 Å². The Morgan fingerprint density at radius 3 is 2.39 bits per heavy atom. The third-order valence-corrected chi connectivity index (χ3v) is 5.40. The molecule has 0 aromatic heterocycles. The van der Waals surface area contributed by atoms with Crippen LogP contribution in [-0.4, -0.2) is 53.7 Å². The fourth-order valence-electron chi connectivity index (χ4n) is 3.51. The summed E-state index contributed by atoms with van der Waals surface area (Å²) in [6.45, 7) is 2.95. The molecule has 2 N–H and O–H groups in total. The smallest absolute Gasteiger partial charge is 0.325 e. The summed E-state index contributed by atoms with van der Waals surface area (Å²) in [7, 11) is 1.46. The van der Waals surface area contributed by atoms with Crippen molar-refractivity contribution in [1.82, 2.24) is 15.1 Å². The molecule has 162 valence electrons. The Labute approximate surface area is 181 Å². The van der Waals surface area contributed by atoms with Gasteiger partial charge in [-0.25, -0.2) is 4.79 Å². The summed E-state index contributed by atoms with van der Waals surface area (Å²) in [5.74, 6) is -1.38. The van der Waals surface area contributed by atoms with Gasteiger partial charge in [0.15, 0.2) is 0 Å². The number of carbonyl (C=O) groups excluding carboxylic acids is 4. The fourth-order valence-corrected chi connectivity index (χ4v) is 3.51. The second-order valence-electron chi connectivity index (χ2n) is 7.62. The molecule has 1 atom stereocenters. The number of benzene rings is 2. The molecule has 1 aliphatic rings. The summed E-state index contributed by atoms with van der Waals surface area (Å²) in [5, 5.41) is 5.46. The van der Waals surface area contributed by atoms with Gasteiger partial charge in [0.1, 0.15) is 12.1 Å². The molecule has 1 fully saturated rings. The number of imide groups is 1. The number of para-hydroxylation sites is 1. The normalized spacial score (nSPS) is 18.0. The van der Waals surface area contributed by atoms with Gasteiger partial charge in [-0.15, -0.1) is 0 Å². The number of hydrogen-bond donors (Lipinski definition) is 2. The molecule has 8 heteroatoms. The Morgan fingerprint density at radius 1 is 1.06 bits per heavy atom. The number of aryl methyl sites for hydroxylation is 1. The van der Waals surface area contributed by atoms with Crippen LogP contribution in [0, 0.1) is 0 Å². The van der Waals surface area contributed by atoms with Crippen molar-refractivity contribution < 1.29 is 19.2 Å². The molecule has 2 aromatic rings. The number of hydrogen-bond acceptors (Lipinski definition) is 4. The van der Waals surface area contributed by atoms with Crippen molar-refractivity contribution in [1.29, 1.82) is 0 Å². The summed E-state index contributed by atoms with van der Waals surface area (Å²) in [4.78, 5) is 52.4. The van der Waals surface area contributed by atoms with Crippen molar-refractivity contribution in [3.63, 3.8) is 0 Å². The second-order valence-corrected chi connectivity index (χ2v) is 7.62. The predicted molar refractivity (Wildman–Crippen MR) is 116 cm³/mol. The minimum Gasteiger partial charge on any atom is -0.335 e. The molecule has 1 heterocycles. The maximum absolute atomic E-state index is 12.9. The van der Waals surface area contributed by atoms with Crippen LogP contribution >= 0.6 is 0 Å². The molecule has 0 spiro atoms. The summed E-state index contributed by atoms with van der Waals surface area (Å²) in [6.07, 6.45) is 0.761. The van der Waals surface area contributed by atoms with Crippen molar-refractivity contribution in [2.24, 2.45) is 0 Å². The minimum absolute atomic E-state index is 0.198. The number of carbonyl (C=O) groups is 4. The largest absolute Gasteiger partial charge is 0.335 e. The molecule has 0 saturated carbocycles. The molecule has 0 radical (unpaired) electrons. The summed E-state index contributed by atoms with van der Waals surface area (Å²) in [5.41, 5.74) is 1.08. The highest BCUT2D eigenvalue weighted by molar-refractivity contribution is 6.09. The molecule has 0 bridgehead atoms. The van der Waals surface area contributed by atoms with Crippen LogP contribution in [0.1, 0.15) is 25.0 Å². The van der Waals surface area contributed by atoms with Crippen LogP contribution < -0.4 is 10.6 Å². The van der Waals surface area contributed by atoms with E-state index >= 15 is 0 Å². The van der Waals surface area contributed by atoms with Crippen molar-refractivity contribution in [2.45, 2.75) is 25.8 Å². The second kappa shape index (κ2) is 8.99. The lowest BCUT2D eigenvalue weighted by Gasteiger charge is -2.23. The van der Waals surface area contributed by atoms with E-state index in [1.54, 1.807) is 37.3 Å². The van der Waals surface area contributed by atoms with Gasteiger partial charge in [0, 0.05) is 12.7 Å². The number of nitrogens with zero attached hydrogens (tertiary/aromatic N) is 2. The third-order valence-electron chi connectivity index (χ3n) is 5.40. The molecule has 8 nitrogen and oxygen atoms in total. The molecule has 0 aliphatic carbocycles. The maximum atomic E-state index is 12.9. The monoisotopic (exact) mass is 422 g/mol. The minimum atomic E-state index is -1.24. The molecule has 1 saturated heterocycles. The fraction of sp³-hybridized carbons (Fsp3) is 0.304. The molecule has 2 aromatic carbocycles. The predicted octanol–water partition coefficient (Wildman–Crippen LogP) is 2.11. The number of anilines is 1. The number of likely N-dealkylation sites (N-methyl/N-ethyl adjacent to an activating group) is 1. The van der Waals surface area contributed by atoms with E-state index in [0.717, 1.165) is 16.9 Å². The van der Waals surface area contributed by atoms with Gasteiger partial charge in [-0.2, -0.15) is 0 Å². The zero-order chi connectivity index (χ0) is 22.6. The van der Waals surface area contributed by atoms with Crippen LogP contribution in [0.3, 0.4) is 0 Å².